The van der Waals surface area contributed by atoms with Crippen molar-refractivity contribution in [3.8, 4) is 0 Å². The van der Waals surface area contributed by atoms with Crippen LogP contribution in [0.3, 0.4) is 0 Å². The zero-order chi connectivity index (χ0) is 18.8. The highest BCUT2D eigenvalue weighted by Crippen LogP contribution is 2.18. The first-order valence-electron chi connectivity index (χ1n) is 9.69. The van der Waals surface area contributed by atoms with Gasteiger partial charge in [0, 0.05) is 63.6 Å². The summed E-state index contributed by atoms with van der Waals surface area (Å²) in [5, 5.41) is 6.85. The third-order valence-electron chi connectivity index (χ3n) is 5.66. The van der Waals surface area contributed by atoms with Crippen molar-refractivity contribution in [1.29, 1.82) is 0 Å². The predicted molar refractivity (Wildman–Crippen MR) is 98.5 cm³/mol. The molecule has 146 valence electrons. The van der Waals surface area contributed by atoms with E-state index in [1.54, 1.807) is 0 Å². The molecule has 4 rings (SSSR count). The SMILES string of the molecule is Cc1noc(C)c1CNC(=O)c1cn2c(n1)CCN(C1CCOCC1)CC2. The Morgan fingerprint density at radius 1 is 1.26 bits per heavy atom. The standard InChI is InChI=1S/C19H27N5O3/c1-13-16(14(2)27-22-13)11-20-19(25)17-12-24-8-7-23(6-3-18(24)21-17)15-4-9-26-10-5-15/h12,15H,3-11H2,1-2H3,(H,20,25). The summed E-state index contributed by atoms with van der Waals surface area (Å²) < 4.78 is 12.7. The number of imidazole rings is 1. The fourth-order valence-electron chi connectivity index (χ4n) is 3.98. The number of carbonyl (C=O) groups excluding carboxylic acids is 1. The van der Waals surface area contributed by atoms with Gasteiger partial charge in [0.2, 0.25) is 0 Å². The van der Waals surface area contributed by atoms with E-state index in [9.17, 15) is 4.79 Å². The van der Waals surface area contributed by atoms with Crippen LogP contribution in [0.1, 0.15) is 46.2 Å². The summed E-state index contributed by atoms with van der Waals surface area (Å²) in [5.41, 5.74) is 2.22. The first-order valence-corrected chi connectivity index (χ1v) is 9.69. The second kappa shape index (κ2) is 7.82. The largest absolute Gasteiger partial charge is 0.381 e. The van der Waals surface area contributed by atoms with Gasteiger partial charge in [0.1, 0.15) is 17.3 Å². The quantitative estimate of drug-likeness (QED) is 0.873. The lowest BCUT2D eigenvalue weighted by Crippen LogP contribution is -2.41. The van der Waals surface area contributed by atoms with E-state index in [0.29, 0.717) is 18.3 Å². The van der Waals surface area contributed by atoms with Crippen LogP contribution in [0.2, 0.25) is 0 Å². The van der Waals surface area contributed by atoms with E-state index in [-0.39, 0.29) is 5.91 Å². The normalized spacial score (nSPS) is 18.9. The third kappa shape index (κ3) is 3.91. The van der Waals surface area contributed by atoms with Crippen LogP contribution in [0.4, 0.5) is 0 Å². The van der Waals surface area contributed by atoms with Gasteiger partial charge >= 0.3 is 0 Å². The van der Waals surface area contributed by atoms with Crippen molar-refractivity contribution >= 4 is 5.91 Å². The molecule has 1 fully saturated rings. The number of hydrogen-bond acceptors (Lipinski definition) is 6. The van der Waals surface area contributed by atoms with Gasteiger partial charge in [-0.15, -0.1) is 0 Å². The average Bonchev–Trinajstić information content (AvgIpc) is 3.17. The predicted octanol–water partition coefficient (Wildman–Crippen LogP) is 1.46. The van der Waals surface area contributed by atoms with E-state index in [2.05, 4.69) is 24.9 Å². The van der Waals surface area contributed by atoms with Gasteiger partial charge < -0.3 is 19.1 Å². The minimum absolute atomic E-state index is 0.156. The van der Waals surface area contributed by atoms with Crippen LogP contribution >= 0.6 is 0 Å². The maximum Gasteiger partial charge on any atom is 0.271 e. The molecule has 0 atom stereocenters. The molecule has 0 unspecified atom stereocenters. The second-order valence-corrected chi connectivity index (χ2v) is 7.35. The average molecular weight is 373 g/mol. The molecule has 2 aromatic rings. The number of aryl methyl sites for hydroxylation is 2. The molecular weight excluding hydrogens is 346 g/mol. The Balaban J connectivity index is 1.36. The van der Waals surface area contributed by atoms with Crippen molar-refractivity contribution in [1.82, 2.24) is 24.9 Å². The molecule has 0 aliphatic carbocycles. The molecule has 8 heteroatoms. The van der Waals surface area contributed by atoms with E-state index in [1.165, 1.54) is 0 Å². The maximum absolute atomic E-state index is 12.5. The van der Waals surface area contributed by atoms with E-state index >= 15 is 0 Å². The Kier molecular flexibility index (Phi) is 5.27. The van der Waals surface area contributed by atoms with Gasteiger partial charge in [-0.2, -0.15) is 0 Å². The lowest BCUT2D eigenvalue weighted by atomic mass is 10.1. The van der Waals surface area contributed by atoms with Gasteiger partial charge in [0.05, 0.1) is 5.69 Å². The van der Waals surface area contributed by atoms with Crippen molar-refractivity contribution in [2.45, 2.75) is 52.2 Å². The van der Waals surface area contributed by atoms with Crippen LogP contribution in [0.15, 0.2) is 10.7 Å². The summed E-state index contributed by atoms with van der Waals surface area (Å²) in [6.07, 6.45) is 4.97. The first-order chi connectivity index (χ1) is 13.1. The van der Waals surface area contributed by atoms with E-state index in [1.807, 2.05) is 20.0 Å². The van der Waals surface area contributed by atoms with E-state index in [4.69, 9.17) is 9.26 Å². The summed E-state index contributed by atoms with van der Waals surface area (Å²) in [5.74, 6) is 1.57. The minimum atomic E-state index is -0.156. The summed E-state index contributed by atoms with van der Waals surface area (Å²) >= 11 is 0. The molecule has 2 aliphatic rings. The second-order valence-electron chi connectivity index (χ2n) is 7.35. The fraction of sp³-hybridized carbons (Fsp3) is 0.632. The van der Waals surface area contributed by atoms with Crippen LogP contribution in [0.25, 0.3) is 0 Å². The maximum atomic E-state index is 12.5. The zero-order valence-electron chi connectivity index (χ0n) is 16.0. The molecular formula is C19H27N5O3. The molecule has 4 heterocycles. The van der Waals surface area contributed by atoms with Crippen LogP contribution in [-0.4, -0.2) is 57.9 Å². The van der Waals surface area contributed by atoms with Crippen molar-refractivity contribution in [3.05, 3.63) is 34.7 Å². The molecule has 0 radical (unpaired) electrons. The number of nitrogens with one attached hydrogen (secondary N) is 1. The minimum Gasteiger partial charge on any atom is -0.381 e. The van der Waals surface area contributed by atoms with Gasteiger partial charge in [-0.1, -0.05) is 5.16 Å². The van der Waals surface area contributed by atoms with Crippen molar-refractivity contribution < 1.29 is 14.1 Å². The Labute approximate surface area is 158 Å². The molecule has 0 saturated carbocycles. The smallest absolute Gasteiger partial charge is 0.271 e. The number of amides is 1. The third-order valence-corrected chi connectivity index (χ3v) is 5.66. The number of ether oxygens (including phenoxy) is 1. The molecule has 2 aliphatic heterocycles. The van der Waals surface area contributed by atoms with Crippen LogP contribution in [0, 0.1) is 13.8 Å². The number of fused-ring (bicyclic) bond motifs is 1. The molecule has 1 amide bonds. The molecule has 8 nitrogen and oxygen atoms in total. The molecule has 0 spiro atoms. The Hall–Kier alpha value is -2.19. The van der Waals surface area contributed by atoms with Crippen molar-refractivity contribution in [2.75, 3.05) is 26.3 Å². The van der Waals surface area contributed by atoms with E-state index in [0.717, 1.165) is 75.0 Å². The van der Waals surface area contributed by atoms with Crippen molar-refractivity contribution in [3.63, 3.8) is 0 Å². The highest BCUT2D eigenvalue weighted by Gasteiger charge is 2.25. The molecule has 0 aromatic carbocycles. The van der Waals surface area contributed by atoms with E-state index < -0.39 is 0 Å². The Morgan fingerprint density at radius 2 is 2.07 bits per heavy atom. The van der Waals surface area contributed by atoms with Gasteiger partial charge in [-0.3, -0.25) is 9.69 Å². The topological polar surface area (TPSA) is 85.4 Å². The fourth-order valence-corrected chi connectivity index (χ4v) is 3.98. The summed E-state index contributed by atoms with van der Waals surface area (Å²) in [4.78, 5) is 19.7. The van der Waals surface area contributed by atoms with Crippen LogP contribution in [0.5, 0.6) is 0 Å². The first kappa shape index (κ1) is 18.2. The Bertz CT molecular complexity index is 761. The summed E-state index contributed by atoms with van der Waals surface area (Å²) in [6, 6.07) is 0.612. The number of carbonyl (C=O) groups is 1. The summed E-state index contributed by atoms with van der Waals surface area (Å²) in [7, 11) is 0. The van der Waals surface area contributed by atoms with Gasteiger partial charge in [0.25, 0.3) is 5.91 Å². The lowest BCUT2D eigenvalue weighted by Gasteiger charge is -2.33. The highest BCUT2D eigenvalue weighted by atomic mass is 16.5. The summed E-state index contributed by atoms with van der Waals surface area (Å²) in [6.45, 7) is 8.71. The van der Waals surface area contributed by atoms with Gasteiger partial charge in [0.15, 0.2) is 0 Å². The van der Waals surface area contributed by atoms with Crippen molar-refractivity contribution in [2.24, 2.45) is 0 Å². The molecule has 1 N–H and O–H groups in total. The monoisotopic (exact) mass is 373 g/mol. The Morgan fingerprint density at radius 3 is 2.81 bits per heavy atom. The number of rotatable bonds is 4. The number of aromatic nitrogens is 3. The number of nitrogens with zero attached hydrogens (tertiary/aromatic N) is 4. The van der Waals surface area contributed by atoms with Gasteiger partial charge in [-0.25, -0.2) is 4.98 Å². The van der Waals surface area contributed by atoms with Gasteiger partial charge in [-0.05, 0) is 26.7 Å². The number of hydrogen-bond donors (Lipinski definition) is 1. The lowest BCUT2D eigenvalue weighted by molar-refractivity contribution is 0.0347. The molecule has 27 heavy (non-hydrogen) atoms. The van der Waals surface area contributed by atoms with Crippen LogP contribution < -0.4 is 5.32 Å². The molecule has 0 bridgehead atoms. The molecule has 2 aromatic heterocycles. The zero-order valence-corrected chi connectivity index (χ0v) is 16.0. The molecule has 1 saturated heterocycles. The van der Waals surface area contributed by atoms with Crippen LogP contribution in [-0.2, 0) is 24.2 Å². The highest BCUT2D eigenvalue weighted by molar-refractivity contribution is 5.92.